The zero-order chi connectivity index (χ0) is 15.9. The average Bonchev–Trinajstić information content (AvgIpc) is 2.61. The smallest absolute Gasteiger partial charge is 0.0898 e. The van der Waals surface area contributed by atoms with Gasteiger partial charge in [0, 0.05) is 12.6 Å². The van der Waals surface area contributed by atoms with Crippen molar-refractivity contribution in [1.82, 2.24) is 5.32 Å². The van der Waals surface area contributed by atoms with Crippen LogP contribution in [-0.4, -0.2) is 24.4 Å². The highest BCUT2D eigenvalue weighted by molar-refractivity contribution is 5.32. The number of hydrogen-bond acceptors (Lipinski definition) is 3. The molecule has 23 heavy (non-hydrogen) atoms. The number of aliphatic hydroxyl groups excluding tert-OH is 1. The third-order valence-corrected chi connectivity index (χ3v) is 4.39. The van der Waals surface area contributed by atoms with E-state index in [2.05, 4.69) is 29.6 Å². The molecule has 1 aliphatic carbocycles. The maximum absolute atomic E-state index is 10.1. The first-order chi connectivity index (χ1) is 11.3. The molecule has 0 saturated heterocycles. The van der Waals surface area contributed by atoms with Crippen LogP contribution in [0.4, 0.5) is 0 Å². The van der Waals surface area contributed by atoms with E-state index in [9.17, 15) is 5.11 Å². The van der Waals surface area contributed by atoms with Crippen LogP contribution < -0.4 is 5.32 Å². The average molecular weight is 311 g/mol. The largest absolute Gasteiger partial charge is 0.389 e. The van der Waals surface area contributed by atoms with E-state index < -0.39 is 6.10 Å². The van der Waals surface area contributed by atoms with Crippen molar-refractivity contribution in [2.24, 2.45) is 0 Å². The Morgan fingerprint density at radius 1 is 1.09 bits per heavy atom. The van der Waals surface area contributed by atoms with E-state index >= 15 is 0 Å². The molecule has 0 bridgehead atoms. The summed E-state index contributed by atoms with van der Waals surface area (Å²) < 4.78 is 5.60. The van der Waals surface area contributed by atoms with Gasteiger partial charge in [-0.1, -0.05) is 54.6 Å². The minimum Gasteiger partial charge on any atom is -0.389 e. The van der Waals surface area contributed by atoms with Gasteiger partial charge in [-0.3, -0.25) is 0 Å². The van der Waals surface area contributed by atoms with Crippen LogP contribution >= 0.6 is 0 Å². The van der Waals surface area contributed by atoms with Crippen LogP contribution in [0, 0.1) is 0 Å². The number of benzene rings is 2. The second-order valence-corrected chi connectivity index (χ2v) is 6.21. The molecule has 2 aromatic carbocycles. The zero-order valence-corrected chi connectivity index (χ0v) is 13.4. The van der Waals surface area contributed by atoms with Crippen molar-refractivity contribution in [1.29, 1.82) is 0 Å². The summed E-state index contributed by atoms with van der Waals surface area (Å²) in [4.78, 5) is 0. The SMILES string of the molecule is O[C@@H](CN[C@@H]1CCCc2ccccc21)COCc1ccccc1. The van der Waals surface area contributed by atoms with Crippen molar-refractivity contribution >= 4 is 0 Å². The summed E-state index contributed by atoms with van der Waals surface area (Å²) in [6, 6.07) is 19.0. The Balaban J connectivity index is 1.42. The maximum Gasteiger partial charge on any atom is 0.0898 e. The number of aliphatic hydroxyl groups is 1. The van der Waals surface area contributed by atoms with Gasteiger partial charge < -0.3 is 15.2 Å². The summed E-state index contributed by atoms with van der Waals surface area (Å²) in [6.45, 7) is 1.47. The topological polar surface area (TPSA) is 41.5 Å². The van der Waals surface area contributed by atoms with Crippen LogP contribution in [0.15, 0.2) is 54.6 Å². The number of nitrogens with one attached hydrogen (secondary N) is 1. The molecule has 0 radical (unpaired) electrons. The van der Waals surface area contributed by atoms with Crippen LogP contribution in [0.2, 0.25) is 0 Å². The summed E-state index contributed by atoms with van der Waals surface area (Å²) >= 11 is 0. The molecule has 2 aromatic rings. The van der Waals surface area contributed by atoms with Crippen LogP contribution in [0.25, 0.3) is 0 Å². The molecule has 3 heteroatoms. The summed E-state index contributed by atoms with van der Waals surface area (Å²) in [5.74, 6) is 0. The van der Waals surface area contributed by atoms with Gasteiger partial charge >= 0.3 is 0 Å². The molecular formula is C20H25NO2. The monoisotopic (exact) mass is 311 g/mol. The molecule has 1 aliphatic rings. The molecule has 2 N–H and O–H groups in total. The molecule has 2 atom stereocenters. The third kappa shape index (κ3) is 4.64. The minimum absolute atomic E-state index is 0.351. The van der Waals surface area contributed by atoms with Gasteiger partial charge in [-0.05, 0) is 36.0 Å². The van der Waals surface area contributed by atoms with Crippen LogP contribution in [0.1, 0.15) is 35.6 Å². The van der Waals surface area contributed by atoms with E-state index in [0.717, 1.165) is 18.4 Å². The Morgan fingerprint density at radius 3 is 2.74 bits per heavy atom. The van der Waals surface area contributed by atoms with Crippen molar-refractivity contribution in [2.45, 2.75) is 38.0 Å². The van der Waals surface area contributed by atoms with Gasteiger partial charge in [-0.25, -0.2) is 0 Å². The molecule has 0 saturated carbocycles. The van der Waals surface area contributed by atoms with Crippen molar-refractivity contribution in [3.05, 3.63) is 71.3 Å². The third-order valence-electron chi connectivity index (χ3n) is 4.39. The first-order valence-corrected chi connectivity index (χ1v) is 8.44. The summed E-state index contributed by atoms with van der Waals surface area (Å²) in [7, 11) is 0. The molecule has 3 nitrogen and oxygen atoms in total. The quantitative estimate of drug-likeness (QED) is 0.825. The van der Waals surface area contributed by atoms with Gasteiger partial charge in [-0.2, -0.15) is 0 Å². The van der Waals surface area contributed by atoms with E-state index in [1.165, 1.54) is 17.5 Å². The van der Waals surface area contributed by atoms with E-state index in [4.69, 9.17) is 4.74 Å². The second-order valence-electron chi connectivity index (χ2n) is 6.21. The van der Waals surface area contributed by atoms with Crippen molar-refractivity contribution in [3.63, 3.8) is 0 Å². The molecule has 122 valence electrons. The van der Waals surface area contributed by atoms with Gasteiger partial charge in [0.2, 0.25) is 0 Å². The number of rotatable bonds is 7. The normalized spacial score (nSPS) is 18.4. The van der Waals surface area contributed by atoms with Gasteiger partial charge in [-0.15, -0.1) is 0 Å². The summed E-state index contributed by atoms with van der Waals surface area (Å²) in [6.07, 6.45) is 3.02. The van der Waals surface area contributed by atoms with Gasteiger partial charge in [0.25, 0.3) is 0 Å². The highest BCUT2D eigenvalue weighted by atomic mass is 16.5. The maximum atomic E-state index is 10.1. The van der Waals surface area contributed by atoms with Gasteiger partial charge in [0.1, 0.15) is 0 Å². The molecule has 0 spiro atoms. The lowest BCUT2D eigenvalue weighted by molar-refractivity contribution is 0.0273. The Kier molecular flexibility index (Phi) is 5.81. The van der Waals surface area contributed by atoms with Gasteiger partial charge in [0.15, 0.2) is 0 Å². The first-order valence-electron chi connectivity index (χ1n) is 8.44. The number of fused-ring (bicyclic) bond motifs is 1. The highest BCUT2D eigenvalue weighted by Crippen LogP contribution is 2.29. The Labute approximate surface area is 138 Å². The van der Waals surface area contributed by atoms with Crippen LogP contribution in [0.3, 0.4) is 0 Å². The molecule has 0 amide bonds. The van der Waals surface area contributed by atoms with Crippen molar-refractivity contribution < 1.29 is 9.84 Å². The van der Waals surface area contributed by atoms with E-state index in [1.807, 2.05) is 30.3 Å². The first kappa shape index (κ1) is 16.2. The van der Waals surface area contributed by atoms with E-state index in [1.54, 1.807) is 0 Å². The van der Waals surface area contributed by atoms with Gasteiger partial charge in [0.05, 0.1) is 19.3 Å². The molecule has 0 heterocycles. The lowest BCUT2D eigenvalue weighted by Gasteiger charge is -2.27. The molecule has 3 rings (SSSR count). The zero-order valence-electron chi connectivity index (χ0n) is 13.4. The molecule has 0 aliphatic heterocycles. The fourth-order valence-corrected chi connectivity index (χ4v) is 3.19. The minimum atomic E-state index is -0.479. The molecule has 0 aromatic heterocycles. The van der Waals surface area contributed by atoms with E-state index in [0.29, 0.717) is 25.8 Å². The second kappa shape index (κ2) is 8.25. The number of hydrogen-bond donors (Lipinski definition) is 2. The predicted octanol–water partition coefficient (Wildman–Crippen LogP) is 3.23. The predicted molar refractivity (Wildman–Crippen MR) is 92.2 cm³/mol. The summed E-state index contributed by atoms with van der Waals surface area (Å²) in [5.41, 5.74) is 3.95. The Bertz CT molecular complexity index is 600. The molecule has 0 fully saturated rings. The van der Waals surface area contributed by atoms with Crippen LogP contribution in [-0.2, 0) is 17.8 Å². The molecular weight excluding hydrogens is 286 g/mol. The van der Waals surface area contributed by atoms with Crippen molar-refractivity contribution in [2.75, 3.05) is 13.2 Å². The fourth-order valence-electron chi connectivity index (χ4n) is 3.19. The van der Waals surface area contributed by atoms with Crippen molar-refractivity contribution in [3.8, 4) is 0 Å². The highest BCUT2D eigenvalue weighted by Gasteiger charge is 2.19. The fraction of sp³-hybridized carbons (Fsp3) is 0.400. The summed E-state index contributed by atoms with van der Waals surface area (Å²) in [5, 5.41) is 13.6. The molecule has 0 unspecified atom stereocenters. The lowest BCUT2D eigenvalue weighted by atomic mass is 9.88. The lowest BCUT2D eigenvalue weighted by Crippen LogP contribution is -2.34. The standard InChI is InChI=1S/C20H25NO2/c22-18(15-23-14-16-7-2-1-3-8-16)13-21-20-12-6-10-17-9-4-5-11-19(17)20/h1-5,7-9,11,18,20-22H,6,10,12-15H2/t18-,20+/m0/s1. The van der Waals surface area contributed by atoms with E-state index in [-0.39, 0.29) is 0 Å². The number of aryl methyl sites for hydroxylation is 1. The Morgan fingerprint density at radius 2 is 1.87 bits per heavy atom. The van der Waals surface area contributed by atoms with Crippen LogP contribution in [0.5, 0.6) is 0 Å². The number of ether oxygens (including phenoxy) is 1. The Hall–Kier alpha value is -1.68.